The van der Waals surface area contributed by atoms with Crippen molar-refractivity contribution < 1.29 is 37.0 Å². The summed E-state index contributed by atoms with van der Waals surface area (Å²) < 4.78 is 39.8. The Balaban J connectivity index is 2.51. The third-order valence-electron chi connectivity index (χ3n) is 4.38. The number of ether oxygens (including phenoxy) is 3. The number of esters is 1. The lowest BCUT2D eigenvalue weighted by atomic mass is 10.1. The maximum atomic E-state index is 13.2. The van der Waals surface area contributed by atoms with Crippen LogP contribution in [0.4, 0.5) is 5.00 Å². The maximum Gasteiger partial charge on any atom is 0.339 e. The molecule has 0 fully saturated rings. The number of sulfone groups is 1. The van der Waals surface area contributed by atoms with Crippen LogP contribution in [0.5, 0.6) is 11.5 Å². The number of hydrogen-bond donors (Lipinski definition) is 2. The quantitative estimate of drug-likeness (QED) is 0.477. The van der Waals surface area contributed by atoms with Gasteiger partial charge >= 0.3 is 5.97 Å². The lowest BCUT2D eigenvalue weighted by Gasteiger charge is -2.21. The van der Waals surface area contributed by atoms with Crippen LogP contribution in [-0.2, 0) is 19.4 Å². The van der Waals surface area contributed by atoms with Gasteiger partial charge in [0.1, 0.15) is 14.8 Å². The van der Waals surface area contributed by atoms with Crippen LogP contribution in [0.2, 0.25) is 0 Å². The fourth-order valence-corrected chi connectivity index (χ4v) is 4.88. The lowest BCUT2D eigenvalue weighted by Crippen LogP contribution is -2.34. The Morgan fingerprint density at radius 1 is 1.15 bits per heavy atom. The van der Waals surface area contributed by atoms with Gasteiger partial charge in [-0.1, -0.05) is 6.07 Å². The highest BCUT2D eigenvalue weighted by molar-refractivity contribution is 7.90. The van der Waals surface area contributed by atoms with Crippen LogP contribution >= 0.6 is 11.3 Å². The van der Waals surface area contributed by atoms with Crippen LogP contribution in [0, 0.1) is 0 Å². The van der Waals surface area contributed by atoms with Gasteiger partial charge in [0.15, 0.2) is 11.5 Å². The molecule has 180 valence electrons. The third kappa shape index (κ3) is 6.93. The van der Waals surface area contributed by atoms with Crippen molar-refractivity contribution in [1.29, 1.82) is 0 Å². The lowest BCUT2D eigenvalue weighted by molar-refractivity contribution is -0.114. The van der Waals surface area contributed by atoms with Gasteiger partial charge in [0.05, 0.1) is 43.7 Å². The number of thiophene rings is 1. The molecule has 12 heteroatoms. The molecule has 2 rings (SSSR count). The van der Waals surface area contributed by atoms with Gasteiger partial charge in [0, 0.05) is 18.6 Å². The van der Waals surface area contributed by atoms with Gasteiger partial charge < -0.3 is 24.8 Å². The van der Waals surface area contributed by atoms with Crippen molar-refractivity contribution in [3.63, 3.8) is 0 Å². The largest absolute Gasteiger partial charge is 0.493 e. The van der Waals surface area contributed by atoms with E-state index >= 15 is 0 Å². The topological polar surface area (TPSA) is 137 Å². The van der Waals surface area contributed by atoms with E-state index in [4.69, 9.17) is 14.2 Å². The van der Waals surface area contributed by atoms with Crippen molar-refractivity contribution in [3.8, 4) is 11.5 Å². The van der Waals surface area contributed by atoms with Crippen molar-refractivity contribution in [2.45, 2.75) is 19.9 Å². The molecule has 2 N–H and O–H groups in total. The molecule has 0 saturated carbocycles. The van der Waals surface area contributed by atoms with Crippen molar-refractivity contribution in [1.82, 2.24) is 5.32 Å². The number of carbonyl (C=O) groups is 3. The Morgan fingerprint density at radius 3 is 2.39 bits per heavy atom. The minimum atomic E-state index is -3.53. The van der Waals surface area contributed by atoms with Crippen LogP contribution in [0.15, 0.2) is 23.6 Å². The zero-order chi connectivity index (χ0) is 24.8. The summed E-state index contributed by atoms with van der Waals surface area (Å²) in [5.74, 6) is -1.53. The summed E-state index contributed by atoms with van der Waals surface area (Å²) in [6.45, 7) is 3.40. The molecule has 0 bridgehead atoms. The van der Waals surface area contributed by atoms with E-state index in [9.17, 15) is 22.8 Å². The molecule has 1 atom stereocenters. The van der Waals surface area contributed by atoms with E-state index in [0.29, 0.717) is 23.7 Å². The summed E-state index contributed by atoms with van der Waals surface area (Å²) in [5, 5.41) is 6.71. The van der Waals surface area contributed by atoms with Crippen molar-refractivity contribution in [2.24, 2.45) is 0 Å². The second-order valence-electron chi connectivity index (χ2n) is 6.99. The molecule has 0 radical (unpaired) electrons. The van der Waals surface area contributed by atoms with Crippen molar-refractivity contribution in [2.75, 3.05) is 38.2 Å². The normalized spacial score (nSPS) is 11.9. The Morgan fingerprint density at radius 2 is 1.85 bits per heavy atom. The Hall–Kier alpha value is -3.12. The molecule has 1 unspecified atom stereocenters. The highest BCUT2D eigenvalue weighted by Crippen LogP contribution is 2.33. The first-order valence-corrected chi connectivity index (χ1v) is 12.7. The molecule has 10 nitrogen and oxygen atoms in total. The fraction of sp³-hybridized carbons (Fsp3) is 0.381. The molecule has 0 spiro atoms. The SMILES string of the molecule is CCOc1cc(C(CS(C)(=O)=O)NC(=O)c2c(C(=O)OC)csc2NC(C)=O)ccc1OC. The summed E-state index contributed by atoms with van der Waals surface area (Å²) in [4.78, 5) is 37.0. The summed E-state index contributed by atoms with van der Waals surface area (Å²) >= 11 is 0.978. The molecule has 0 aliphatic rings. The molecule has 2 aromatic rings. The first-order chi connectivity index (χ1) is 15.5. The second-order valence-corrected chi connectivity index (χ2v) is 10.1. The zero-order valence-electron chi connectivity index (χ0n) is 18.9. The molecule has 0 saturated heterocycles. The first-order valence-electron chi connectivity index (χ1n) is 9.77. The highest BCUT2D eigenvalue weighted by atomic mass is 32.2. The van der Waals surface area contributed by atoms with E-state index in [2.05, 4.69) is 10.6 Å². The van der Waals surface area contributed by atoms with Crippen molar-refractivity contribution >= 4 is 44.0 Å². The second kappa shape index (κ2) is 11.1. The molecule has 1 aromatic heterocycles. The average molecular weight is 499 g/mol. The van der Waals surface area contributed by atoms with Crippen LogP contribution in [0.1, 0.15) is 46.2 Å². The van der Waals surface area contributed by atoms with Crippen LogP contribution < -0.4 is 20.1 Å². The molecule has 0 aliphatic carbocycles. The van der Waals surface area contributed by atoms with Gasteiger partial charge in [0.25, 0.3) is 5.91 Å². The number of benzene rings is 1. The van der Waals surface area contributed by atoms with E-state index < -0.39 is 39.4 Å². The molecule has 0 aliphatic heterocycles. The predicted molar refractivity (Wildman–Crippen MR) is 124 cm³/mol. The number of anilines is 1. The smallest absolute Gasteiger partial charge is 0.339 e. The first kappa shape index (κ1) is 26.1. The Labute approximate surface area is 196 Å². The van der Waals surface area contributed by atoms with Gasteiger partial charge in [-0.05, 0) is 24.6 Å². The molecular weight excluding hydrogens is 472 g/mol. The Kier molecular flexibility index (Phi) is 8.83. The predicted octanol–water partition coefficient (Wildman–Crippen LogP) is 2.42. The van der Waals surface area contributed by atoms with Gasteiger partial charge in [-0.15, -0.1) is 11.3 Å². The number of hydrogen-bond acceptors (Lipinski definition) is 9. The number of nitrogens with one attached hydrogen (secondary N) is 2. The highest BCUT2D eigenvalue weighted by Gasteiger charge is 2.28. The van der Waals surface area contributed by atoms with Gasteiger partial charge in [-0.3, -0.25) is 9.59 Å². The van der Waals surface area contributed by atoms with E-state index in [0.717, 1.165) is 17.6 Å². The summed E-state index contributed by atoms with van der Waals surface area (Å²) in [5.41, 5.74) is 0.291. The minimum Gasteiger partial charge on any atom is -0.493 e. The number of amides is 2. The summed E-state index contributed by atoms with van der Waals surface area (Å²) in [7, 11) is -0.893. The van der Waals surface area contributed by atoms with E-state index in [-0.39, 0.29) is 16.1 Å². The Bertz CT molecular complexity index is 1140. The average Bonchev–Trinajstić information content (AvgIpc) is 3.14. The van der Waals surface area contributed by atoms with Gasteiger partial charge in [-0.25, -0.2) is 13.2 Å². The van der Waals surface area contributed by atoms with Crippen LogP contribution in [-0.4, -0.2) is 59.0 Å². The van der Waals surface area contributed by atoms with E-state index in [1.54, 1.807) is 25.1 Å². The summed E-state index contributed by atoms with van der Waals surface area (Å²) in [6, 6.07) is 3.83. The fourth-order valence-electron chi connectivity index (χ4n) is 3.03. The summed E-state index contributed by atoms with van der Waals surface area (Å²) in [6.07, 6.45) is 1.05. The molecular formula is C21H26N2O8S2. The number of rotatable bonds is 10. The molecule has 1 aromatic carbocycles. The van der Waals surface area contributed by atoms with Crippen molar-refractivity contribution in [3.05, 3.63) is 40.3 Å². The van der Waals surface area contributed by atoms with E-state index in [1.165, 1.54) is 26.5 Å². The van der Waals surface area contributed by atoms with E-state index in [1.807, 2.05) is 0 Å². The maximum absolute atomic E-state index is 13.2. The molecule has 33 heavy (non-hydrogen) atoms. The third-order valence-corrected chi connectivity index (χ3v) is 6.21. The number of carbonyl (C=O) groups excluding carboxylic acids is 3. The molecule has 2 amide bonds. The zero-order valence-corrected chi connectivity index (χ0v) is 20.5. The molecule has 1 heterocycles. The number of methoxy groups -OCH3 is 2. The van der Waals surface area contributed by atoms with Gasteiger partial charge in [0.2, 0.25) is 5.91 Å². The van der Waals surface area contributed by atoms with Crippen LogP contribution in [0.3, 0.4) is 0 Å². The van der Waals surface area contributed by atoms with Gasteiger partial charge in [-0.2, -0.15) is 0 Å². The minimum absolute atomic E-state index is 0.0495. The standard InChI is InChI=1S/C21H26N2O8S2/c1-6-31-17-9-13(7-8-16(17)29-3)15(11-33(5,27)28)23-19(25)18-14(21(26)30-4)10-32-20(18)22-12(2)24/h7-10,15H,6,11H2,1-5H3,(H,22,24)(H,23,25). The van der Waals surface area contributed by atoms with Crippen LogP contribution in [0.25, 0.3) is 0 Å². The monoisotopic (exact) mass is 498 g/mol.